The Morgan fingerprint density at radius 3 is 1.90 bits per heavy atom. The maximum Gasteiger partial charge on any atom is 0.130 e. The molecule has 1 aromatic carbocycles. The van der Waals surface area contributed by atoms with Crippen molar-refractivity contribution in [3.8, 4) is 17.2 Å². The van der Waals surface area contributed by atoms with E-state index in [1.165, 1.54) is 0 Å². The standard InChI is InChI=1S/C16H27NO3/c1-11(2)7-12(3)17-10-14-15(19-5)8-13(18-4)9-16(14)20-6/h8-9,11-12,17H,7,10H2,1-6H3. The van der Waals surface area contributed by atoms with Gasteiger partial charge in [0.2, 0.25) is 0 Å². The number of hydrogen-bond acceptors (Lipinski definition) is 4. The highest BCUT2D eigenvalue weighted by Crippen LogP contribution is 2.34. The van der Waals surface area contributed by atoms with Crippen molar-refractivity contribution in [2.24, 2.45) is 5.92 Å². The number of benzene rings is 1. The Balaban J connectivity index is 2.87. The first kappa shape index (κ1) is 16.6. The molecule has 0 aliphatic carbocycles. The highest BCUT2D eigenvalue weighted by molar-refractivity contribution is 5.50. The lowest BCUT2D eigenvalue weighted by Gasteiger charge is -2.19. The first-order valence-electron chi connectivity index (χ1n) is 7.04. The zero-order valence-corrected chi connectivity index (χ0v) is 13.4. The van der Waals surface area contributed by atoms with E-state index in [1.54, 1.807) is 21.3 Å². The van der Waals surface area contributed by atoms with Gasteiger partial charge in [0.15, 0.2) is 0 Å². The molecule has 0 radical (unpaired) electrons. The smallest absolute Gasteiger partial charge is 0.130 e. The molecule has 20 heavy (non-hydrogen) atoms. The summed E-state index contributed by atoms with van der Waals surface area (Å²) >= 11 is 0. The summed E-state index contributed by atoms with van der Waals surface area (Å²) in [5.41, 5.74) is 1.02. The third-order valence-electron chi connectivity index (χ3n) is 3.27. The fourth-order valence-corrected chi connectivity index (χ4v) is 2.32. The summed E-state index contributed by atoms with van der Waals surface area (Å²) in [5.74, 6) is 2.98. The molecule has 0 heterocycles. The second-order valence-corrected chi connectivity index (χ2v) is 5.42. The van der Waals surface area contributed by atoms with E-state index in [0.29, 0.717) is 18.5 Å². The number of nitrogens with one attached hydrogen (secondary N) is 1. The Hall–Kier alpha value is -1.42. The lowest BCUT2D eigenvalue weighted by molar-refractivity contribution is 0.362. The van der Waals surface area contributed by atoms with E-state index in [0.717, 1.165) is 29.2 Å². The van der Waals surface area contributed by atoms with Crippen LogP contribution in [0.5, 0.6) is 17.2 Å². The van der Waals surface area contributed by atoms with Crippen molar-refractivity contribution in [2.75, 3.05) is 21.3 Å². The molecule has 0 aliphatic heterocycles. The van der Waals surface area contributed by atoms with Gasteiger partial charge in [-0.1, -0.05) is 13.8 Å². The van der Waals surface area contributed by atoms with Crippen LogP contribution in [0, 0.1) is 5.92 Å². The Labute approximate surface area is 122 Å². The zero-order valence-electron chi connectivity index (χ0n) is 13.4. The average molecular weight is 281 g/mol. The Bertz CT molecular complexity index is 393. The van der Waals surface area contributed by atoms with Crippen molar-refractivity contribution in [2.45, 2.75) is 39.8 Å². The summed E-state index contributed by atoms with van der Waals surface area (Å²) in [7, 11) is 4.96. The van der Waals surface area contributed by atoms with Crippen LogP contribution in [0.4, 0.5) is 0 Å². The average Bonchev–Trinajstić information content (AvgIpc) is 2.43. The van der Waals surface area contributed by atoms with Crippen molar-refractivity contribution in [3.05, 3.63) is 17.7 Å². The molecule has 0 aliphatic rings. The van der Waals surface area contributed by atoms with Gasteiger partial charge in [-0.05, 0) is 19.3 Å². The van der Waals surface area contributed by atoms with Crippen molar-refractivity contribution in [3.63, 3.8) is 0 Å². The quantitative estimate of drug-likeness (QED) is 0.794. The summed E-state index contributed by atoms with van der Waals surface area (Å²) in [6, 6.07) is 4.21. The van der Waals surface area contributed by atoms with Gasteiger partial charge in [0.1, 0.15) is 17.2 Å². The molecule has 1 rings (SSSR count). The third-order valence-corrected chi connectivity index (χ3v) is 3.27. The van der Waals surface area contributed by atoms with Crippen LogP contribution < -0.4 is 19.5 Å². The van der Waals surface area contributed by atoms with Gasteiger partial charge >= 0.3 is 0 Å². The van der Waals surface area contributed by atoms with Crippen LogP contribution in [0.25, 0.3) is 0 Å². The van der Waals surface area contributed by atoms with Crippen LogP contribution >= 0.6 is 0 Å². The molecule has 1 aromatic rings. The Kier molecular flexibility index (Phi) is 6.65. The zero-order chi connectivity index (χ0) is 15.1. The van der Waals surface area contributed by atoms with E-state index in [1.807, 2.05) is 12.1 Å². The minimum absolute atomic E-state index is 0.450. The molecule has 0 aromatic heterocycles. The molecular weight excluding hydrogens is 254 g/mol. The lowest BCUT2D eigenvalue weighted by Crippen LogP contribution is -2.27. The normalized spacial score (nSPS) is 12.3. The van der Waals surface area contributed by atoms with Crippen LogP contribution in [0.3, 0.4) is 0 Å². The second kappa shape index (κ2) is 8.00. The fourth-order valence-electron chi connectivity index (χ4n) is 2.32. The van der Waals surface area contributed by atoms with Crippen molar-refractivity contribution in [1.82, 2.24) is 5.32 Å². The third kappa shape index (κ3) is 4.60. The molecule has 0 spiro atoms. The first-order chi connectivity index (χ1) is 9.51. The van der Waals surface area contributed by atoms with Crippen LogP contribution in [-0.2, 0) is 6.54 Å². The Morgan fingerprint density at radius 2 is 1.50 bits per heavy atom. The molecule has 0 saturated heterocycles. The second-order valence-electron chi connectivity index (χ2n) is 5.42. The molecule has 1 unspecified atom stereocenters. The summed E-state index contributed by atoms with van der Waals surface area (Å²) in [6.45, 7) is 7.37. The van der Waals surface area contributed by atoms with Crippen molar-refractivity contribution >= 4 is 0 Å². The molecule has 114 valence electrons. The van der Waals surface area contributed by atoms with E-state index in [-0.39, 0.29) is 0 Å². The van der Waals surface area contributed by atoms with Crippen LogP contribution in [0.15, 0.2) is 12.1 Å². The molecule has 1 atom stereocenters. The SMILES string of the molecule is COc1cc(OC)c(CNC(C)CC(C)C)c(OC)c1. The van der Waals surface area contributed by atoms with E-state index in [2.05, 4.69) is 26.1 Å². The van der Waals surface area contributed by atoms with Crippen LogP contribution in [-0.4, -0.2) is 27.4 Å². The summed E-state index contributed by atoms with van der Waals surface area (Å²) in [4.78, 5) is 0. The molecular formula is C16H27NO3. The lowest BCUT2D eigenvalue weighted by atomic mass is 10.0. The highest BCUT2D eigenvalue weighted by Gasteiger charge is 2.14. The molecule has 0 bridgehead atoms. The maximum atomic E-state index is 5.44. The summed E-state index contributed by atoms with van der Waals surface area (Å²) in [5, 5.41) is 3.52. The molecule has 4 nitrogen and oxygen atoms in total. The number of ether oxygens (including phenoxy) is 3. The van der Waals surface area contributed by atoms with E-state index >= 15 is 0 Å². The van der Waals surface area contributed by atoms with Gasteiger partial charge < -0.3 is 19.5 Å². The monoisotopic (exact) mass is 281 g/mol. The minimum atomic E-state index is 0.450. The van der Waals surface area contributed by atoms with Gasteiger partial charge in [0.05, 0.1) is 26.9 Å². The molecule has 1 N–H and O–H groups in total. The number of hydrogen-bond donors (Lipinski definition) is 1. The van der Waals surface area contributed by atoms with Gasteiger partial charge in [0, 0.05) is 24.7 Å². The fraction of sp³-hybridized carbons (Fsp3) is 0.625. The predicted molar refractivity (Wildman–Crippen MR) is 81.9 cm³/mol. The predicted octanol–water partition coefficient (Wildman–Crippen LogP) is 3.24. The van der Waals surface area contributed by atoms with E-state index in [9.17, 15) is 0 Å². The van der Waals surface area contributed by atoms with E-state index < -0.39 is 0 Å². The largest absolute Gasteiger partial charge is 0.496 e. The summed E-state index contributed by atoms with van der Waals surface area (Å²) in [6.07, 6.45) is 1.14. The molecule has 0 saturated carbocycles. The minimum Gasteiger partial charge on any atom is -0.496 e. The van der Waals surface area contributed by atoms with Gasteiger partial charge in [-0.2, -0.15) is 0 Å². The van der Waals surface area contributed by atoms with Gasteiger partial charge in [-0.3, -0.25) is 0 Å². The van der Waals surface area contributed by atoms with Gasteiger partial charge in [-0.25, -0.2) is 0 Å². The first-order valence-corrected chi connectivity index (χ1v) is 7.04. The number of rotatable bonds is 8. The Morgan fingerprint density at radius 1 is 0.950 bits per heavy atom. The van der Waals surface area contributed by atoms with E-state index in [4.69, 9.17) is 14.2 Å². The summed E-state index contributed by atoms with van der Waals surface area (Å²) < 4.78 is 16.1. The molecule has 4 heteroatoms. The highest BCUT2D eigenvalue weighted by atomic mass is 16.5. The van der Waals surface area contributed by atoms with Gasteiger partial charge in [0.25, 0.3) is 0 Å². The van der Waals surface area contributed by atoms with Crippen molar-refractivity contribution in [1.29, 1.82) is 0 Å². The van der Waals surface area contributed by atoms with Crippen LogP contribution in [0.2, 0.25) is 0 Å². The topological polar surface area (TPSA) is 39.7 Å². The van der Waals surface area contributed by atoms with Gasteiger partial charge in [-0.15, -0.1) is 0 Å². The molecule has 0 fully saturated rings. The number of methoxy groups -OCH3 is 3. The van der Waals surface area contributed by atoms with Crippen LogP contribution in [0.1, 0.15) is 32.8 Å². The molecule has 0 amide bonds. The van der Waals surface area contributed by atoms with Crippen molar-refractivity contribution < 1.29 is 14.2 Å². The maximum absolute atomic E-state index is 5.44.